The van der Waals surface area contributed by atoms with Gasteiger partial charge in [-0.25, -0.2) is 4.79 Å². The Morgan fingerprint density at radius 3 is 3.14 bits per heavy atom. The number of benzene rings is 1. The Balaban J connectivity index is 2.29. The fourth-order valence-corrected chi connectivity index (χ4v) is 1.04. The molecule has 0 spiro atoms. The third-order valence-corrected chi connectivity index (χ3v) is 1.60. The number of nitrogens with zero attached hydrogens (tertiary/aromatic N) is 2. The van der Waals surface area contributed by atoms with Crippen LogP contribution in [0.4, 0.5) is 4.79 Å². The molecule has 14 heavy (non-hydrogen) atoms. The fourth-order valence-electron chi connectivity index (χ4n) is 1.04. The second-order valence-corrected chi connectivity index (χ2v) is 2.55. The fraction of sp³-hybridized carbons (Fsp3) is 0. The number of carbonyl (C=O) groups is 1. The van der Waals surface area contributed by atoms with E-state index in [0.29, 0.717) is 5.52 Å². The third-order valence-electron chi connectivity index (χ3n) is 1.60. The summed E-state index contributed by atoms with van der Waals surface area (Å²) in [5, 5.41) is 6.46. The molecular formula is C7H8N5O2+. The van der Waals surface area contributed by atoms with Crippen molar-refractivity contribution < 1.29 is 14.6 Å². The van der Waals surface area contributed by atoms with Gasteiger partial charge in [-0.3, -0.25) is 0 Å². The van der Waals surface area contributed by atoms with Gasteiger partial charge in [0.25, 0.3) is 11.0 Å². The van der Waals surface area contributed by atoms with Crippen molar-refractivity contribution in [2.24, 2.45) is 5.73 Å². The van der Waals surface area contributed by atoms with Crippen molar-refractivity contribution in [1.29, 1.82) is 0 Å². The summed E-state index contributed by atoms with van der Waals surface area (Å²) in [6.07, 6.45) is 0. The van der Waals surface area contributed by atoms with Gasteiger partial charge < -0.3 is 5.73 Å². The first-order valence-electron chi connectivity index (χ1n) is 3.85. The van der Waals surface area contributed by atoms with E-state index >= 15 is 0 Å². The molecule has 2 rings (SSSR count). The predicted octanol–water partition coefficient (Wildman–Crippen LogP) is -1.14. The van der Waals surface area contributed by atoms with Crippen molar-refractivity contribution in [3.63, 3.8) is 0 Å². The number of para-hydroxylation sites is 2. The summed E-state index contributed by atoms with van der Waals surface area (Å²) in [4.78, 5) is 16.4. The van der Waals surface area contributed by atoms with Crippen molar-refractivity contribution in [3.8, 4) is 0 Å². The van der Waals surface area contributed by atoms with Crippen LogP contribution in [0.15, 0.2) is 24.3 Å². The lowest BCUT2D eigenvalue weighted by atomic mass is 10.3. The predicted molar refractivity (Wildman–Crippen MR) is 45.6 cm³/mol. The maximum Gasteiger partial charge on any atom is 0.349 e. The number of nitrogens with two attached hydrogens (primary N) is 1. The van der Waals surface area contributed by atoms with E-state index in [9.17, 15) is 4.79 Å². The van der Waals surface area contributed by atoms with Crippen LogP contribution in [0, 0.1) is 0 Å². The highest BCUT2D eigenvalue weighted by molar-refractivity contribution is 5.70. The van der Waals surface area contributed by atoms with Crippen LogP contribution in [0.1, 0.15) is 0 Å². The molecule has 7 heteroatoms. The number of nitrogens with one attached hydrogen (secondary N) is 2. The standard InChI is InChI=1S/C7H7N5O2/c8-7(13)10-14-12-6-4-2-1-3-5(6)9-11-12/h1-4H,(H3,8,10,13)/p+1. The number of primary amides is 1. The lowest BCUT2D eigenvalue weighted by molar-refractivity contribution is -0.926. The number of H-pyrrole nitrogens is 1. The van der Waals surface area contributed by atoms with E-state index in [2.05, 4.69) is 10.3 Å². The topological polar surface area (TPSA) is 96.9 Å². The van der Waals surface area contributed by atoms with E-state index in [-0.39, 0.29) is 0 Å². The first kappa shape index (κ1) is 8.30. The van der Waals surface area contributed by atoms with Crippen molar-refractivity contribution in [1.82, 2.24) is 15.8 Å². The molecular weight excluding hydrogens is 186 g/mol. The van der Waals surface area contributed by atoms with Gasteiger partial charge in [0, 0.05) is 5.10 Å². The molecule has 1 aromatic carbocycles. The maximum absolute atomic E-state index is 10.4. The molecule has 72 valence electrons. The number of rotatable bonds is 2. The Morgan fingerprint density at radius 2 is 2.36 bits per heavy atom. The van der Waals surface area contributed by atoms with E-state index in [1.807, 2.05) is 17.6 Å². The number of aromatic amines is 1. The Morgan fingerprint density at radius 1 is 1.57 bits per heavy atom. The molecule has 0 aliphatic rings. The molecule has 2 amide bonds. The average Bonchev–Trinajstić information content (AvgIpc) is 2.58. The number of hydrogen-bond acceptors (Lipinski definition) is 3. The third kappa shape index (κ3) is 1.42. The molecule has 0 aliphatic carbocycles. The van der Waals surface area contributed by atoms with Crippen LogP contribution >= 0.6 is 0 Å². The molecule has 1 aromatic heterocycles. The van der Waals surface area contributed by atoms with Gasteiger partial charge in [-0.1, -0.05) is 12.1 Å². The van der Waals surface area contributed by atoms with Crippen LogP contribution < -0.4 is 21.0 Å². The van der Waals surface area contributed by atoms with E-state index in [1.165, 1.54) is 4.85 Å². The van der Waals surface area contributed by atoms with Gasteiger partial charge in [0.1, 0.15) is 0 Å². The number of amides is 2. The molecule has 0 aliphatic heterocycles. The Kier molecular flexibility index (Phi) is 1.90. The highest BCUT2D eigenvalue weighted by atomic mass is 16.8. The van der Waals surface area contributed by atoms with Gasteiger partial charge in [0.05, 0.1) is 4.85 Å². The minimum atomic E-state index is -0.781. The second-order valence-electron chi connectivity index (χ2n) is 2.55. The van der Waals surface area contributed by atoms with E-state index < -0.39 is 6.03 Å². The first-order chi connectivity index (χ1) is 6.77. The molecule has 0 fully saturated rings. The Bertz CT molecular complexity index is 466. The molecule has 0 bridgehead atoms. The van der Waals surface area contributed by atoms with Crippen LogP contribution in [0.2, 0.25) is 0 Å². The zero-order valence-corrected chi connectivity index (χ0v) is 7.10. The first-order valence-corrected chi connectivity index (χ1v) is 3.85. The minimum Gasteiger partial charge on any atom is -0.349 e. The highest BCUT2D eigenvalue weighted by Gasteiger charge is 2.12. The largest absolute Gasteiger partial charge is 0.349 e. The maximum atomic E-state index is 10.4. The van der Waals surface area contributed by atoms with Crippen LogP contribution in [-0.4, -0.2) is 16.3 Å². The summed E-state index contributed by atoms with van der Waals surface area (Å²) < 4.78 is 0. The second kappa shape index (κ2) is 3.21. The number of urea groups is 1. The summed E-state index contributed by atoms with van der Waals surface area (Å²) in [5.74, 6) is 0. The van der Waals surface area contributed by atoms with Crippen molar-refractivity contribution in [3.05, 3.63) is 24.3 Å². The molecule has 4 N–H and O–H groups in total. The molecule has 7 nitrogen and oxygen atoms in total. The molecule has 0 unspecified atom stereocenters. The smallest absolute Gasteiger partial charge is 0.349 e. The van der Waals surface area contributed by atoms with Crippen molar-refractivity contribution >= 4 is 17.1 Å². The van der Waals surface area contributed by atoms with Gasteiger partial charge in [-0.2, -0.15) is 4.94 Å². The summed E-state index contributed by atoms with van der Waals surface area (Å²) >= 11 is 0. The van der Waals surface area contributed by atoms with Gasteiger partial charge in [-0.15, -0.1) is 5.48 Å². The normalized spacial score (nSPS) is 10.0. The van der Waals surface area contributed by atoms with E-state index in [1.54, 1.807) is 12.1 Å². The van der Waals surface area contributed by atoms with Gasteiger partial charge in [0.2, 0.25) is 0 Å². The number of hydroxylamine groups is 1. The summed E-state index contributed by atoms with van der Waals surface area (Å²) in [7, 11) is 0. The van der Waals surface area contributed by atoms with Crippen molar-refractivity contribution in [2.75, 3.05) is 0 Å². The van der Waals surface area contributed by atoms with Gasteiger partial charge in [-0.05, 0) is 17.3 Å². The molecule has 1 heterocycles. The quantitative estimate of drug-likeness (QED) is 0.416. The number of fused-ring (bicyclic) bond motifs is 1. The van der Waals surface area contributed by atoms with Gasteiger partial charge >= 0.3 is 6.03 Å². The summed E-state index contributed by atoms with van der Waals surface area (Å²) in [6, 6.07) is 6.46. The SMILES string of the molecule is NC(=O)NO[n+]1[nH]nc2ccccc21. The van der Waals surface area contributed by atoms with E-state index in [0.717, 1.165) is 5.52 Å². The monoisotopic (exact) mass is 194 g/mol. The number of aromatic nitrogens is 3. The van der Waals surface area contributed by atoms with E-state index in [4.69, 9.17) is 10.7 Å². The lowest BCUT2D eigenvalue weighted by Gasteiger charge is -1.95. The van der Waals surface area contributed by atoms with Crippen LogP contribution in [0.3, 0.4) is 0 Å². The van der Waals surface area contributed by atoms with Crippen LogP contribution in [-0.2, 0) is 0 Å². The Labute approximate surface area is 78.3 Å². The molecule has 0 saturated carbocycles. The zero-order chi connectivity index (χ0) is 9.97. The Hall–Kier alpha value is -2.31. The van der Waals surface area contributed by atoms with Crippen LogP contribution in [0.5, 0.6) is 0 Å². The number of hydrogen-bond donors (Lipinski definition) is 3. The highest BCUT2D eigenvalue weighted by Crippen LogP contribution is 2.02. The van der Waals surface area contributed by atoms with Gasteiger partial charge in [0.15, 0.2) is 0 Å². The number of carbonyl (C=O) groups excluding carboxylic acids is 1. The lowest BCUT2D eigenvalue weighted by Crippen LogP contribution is -2.54. The van der Waals surface area contributed by atoms with Crippen LogP contribution in [0.25, 0.3) is 11.0 Å². The average molecular weight is 194 g/mol. The summed E-state index contributed by atoms with van der Waals surface area (Å²) in [5.41, 5.74) is 8.22. The zero-order valence-electron chi connectivity index (χ0n) is 7.10. The molecule has 2 aromatic rings. The molecule has 0 radical (unpaired) electrons. The van der Waals surface area contributed by atoms with Crippen molar-refractivity contribution in [2.45, 2.75) is 0 Å². The molecule has 0 atom stereocenters. The summed E-state index contributed by atoms with van der Waals surface area (Å²) in [6.45, 7) is 0. The minimum absolute atomic E-state index is 0.696. The molecule has 0 saturated heterocycles.